The van der Waals surface area contributed by atoms with Crippen LogP contribution in [0.1, 0.15) is 70.3 Å². The van der Waals surface area contributed by atoms with Crippen LogP contribution in [-0.2, 0) is 6.42 Å². The number of hydrogen-bond donors (Lipinski definition) is 0. The summed E-state index contributed by atoms with van der Waals surface area (Å²) in [5.74, 6) is 1.60. The van der Waals surface area contributed by atoms with Crippen LogP contribution in [-0.4, -0.2) is 6.36 Å². The topological polar surface area (TPSA) is 9.23 Å². The van der Waals surface area contributed by atoms with Gasteiger partial charge in [-0.3, -0.25) is 0 Å². The van der Waals surface area contributed by atoms with E-state index in [-0.39, 0.29) is 5.75 Å². The van der Waals surface area contributed by atoms with E-state index in [1.165, 1.54) is 75.5 Å². The van der Waals surface area contributed by atoms with E-state index in [0.29, 0.717) is 0 Å². The van der Waals surface area contributed by atoms with E-state index in [1.54, 1.807) is 6.07 Å². The van der Waals surface area contributed by atoms with Crippen molar-refractivity contribution in [1.82, 2.24) is 0 Å². The highest BCUT2D eigenvalue weighted by atomic mass is 19.4. The molecule has 3 rings (SSSR count). The minimum atomic E-state index is -4.65. The first-order valence-corrected chi connectivity index (χ1v) is 10.7. The van der Waals surface area contributed by atoms with Gasteiger partial charge in [-0.05, 0) is 53.1 Å². The van der Waals surface area contributed by atoms with Crippen LogP contribution in [0.4, 0.5) is 13.2 Å². The molecule has 0 heterocycles. The van der Waals surface area contributed by atoms with Crippen molar-refractivity contribution in [2.45, 2.75) is 77.5 Å². The van der Waals surface area contributed by atoms with Crippen molar-refractivity contribution in [2.75, 3.05) is 0 Å². The molecule has 0 atom stereocenters. The van der Waals surface area contributed by atoms with Crippen molar-refractivity contribution in [3.63, 3.8) is 0 Å². The van der Waals surface area contributed by atoms with Gasteiger partial charge in [-0.15, -0.1) is 13.2 Å². The summed E-state index contributed by atoms with van der Waals surface area (Å²) in [6.07, 6.45) is 8.54. The molecule has 4 heteroatoms. The Morgan fingerprint density at radius 2 is 1.50 bits per heavy atom. The Hall–Kier alpha value is -1.71. The minimum Gasteiger partial charge on any atom is -0.406 e. The summed E-state index contributed by atoms with van der Waals surface area (Å²) in [6.45, 7) is 2.26. The van der Waals surface area contributed by atoms with Crippen molar-refractivity contribution in [3.05, 3.63) is 42.0 Å². The van der Waals surface area contributed by atoms with Crippen LogP contribution in [0.3, 0.4) is 0 Å². The number of rotatable bonds is 8. The van der Waals surface area contributed by atoms with Gasteiger partial charge in [0.1, 0.15) is 5.75 Å². The molecule has 1 fully saturated rings. The SMILES string of the molecule is CCCCC[C@H]1CC[C@H](CCc2ccc3cc(OC(F)(F)F)ccc3c2)CC1. The van der Waals surface area contributed by atoms with Gasteiger partial charge in [0, 0.05) is 0 Å². The molecule has 154 valence electrons. The third-order valence-electron chi connectivity index (χ3n) is 6.13. The standard InChI is InChI=1S/C24H31F3O/c1-2-3-4-5-18-6-8-19(9-7-18)10-11-20-12-13-22-17-23(28-24(25,26)27)15-14-21(22)16-20/h12-19H,2-11H2,1H3/t18-,19-. The lowest BCUT2D eigenvalue weighted by Gasteiger charge is -2.28. The summed E-state index contributed by atoms with van der Waals surface area (Å²) in [7, 11) is 0. The van der Waals surface area contributed by atoms with E-state index in [9.17, 15) is 13.2 Å². The van der Waals surface area contributed by atoms with Crippen molar-refractivity contribution < 1.29 is 17.9 Å². The van der Waals surface area contributed by atoms with Crippen LogP contribution in [0.5, 0.6) is 5.75 Å². The minimum absolute atomic E-state index is 0.163. The molecule has 0 unspecified atom stereocenters. The maximum Gasteiger partial charge on any atom is 0.573 e. The Morgan fingerprint density at radius 1 is 0.857 bits per heavy atom. The summed E-state index contributed by atoms with van der Waals surface area (Å²) in [6, 6.07) is 10.6. The van der Waals surface area contributed by atoms with Gasteiger partial charge in [0.25, 0.3) is 0 Å². The molecule has 2 aromatic carbocycles. The van der Waals surface area contributed by atoms with E-state index in [0.717, 1.165) is 29.0 Å². The fraction of sp³-hybridized carbons (Fsp3) is 0.583. The average Bonchev–Trinajstić information content (AvgIpc) is 2.66. The average molecular weight is 393 g/mol. The summed E-state index contributed by atoms with van der Waals surface area (Å²) < 4.78 is 41.1. The third-order valence-corrected chi connectivity index (χ3v) is 6.13. The predicted octanol–water partition coefficient (Wildman–Crippen LogP) is 8.06. The Kier molecular flexibility index (Phi) is 7.25. The molecule has 1 saturated carbocycles. The molecule has 0 radical (unpaired) electrons. The highest BCUT2D eigenvalue weighted by Crippen LogP contribution is 2.34. The number of benzene rings is 2. The van der Waals surface area contributed by atoms with Crippen molar-refractivity contribution in [3.8, 4) is 5.75 Å². The maximum atomic E-state index is 12.4. The zero-order chi connectivity index (χ0) is 20.0. The number of ether oxygens (including phenoxy) is 1. The maximum absolute atomic E-state index is 12.4. The molecule has 0 N–H and O–H groups in total. The van der Waals surface area contributed by atoms with Gasteiger partial charge in [0.15, 0.2) is 0 Å². The van der Waals surface area contributed by atoms with Gasteiger partial charge >= 0.3 is 6.36 Å². The molecule has 28 heavy (non-hydrogen) atoms. The van der Waals surface area contributed by atoms with Crippen LogP contribution in [0.15, 0.2) is 36.4 Å². The van der Waals surface area contributed by atoms with E-state index < -0.39 is 6.36 Å². The molecule has 1 aliphatic carbocycles. The molecule has 1 nitrogen and oxygen atoms in total. The van der Waals surface area contributed by atoms with Crippen molar-refractivity contribution >= 4 is 10.8 Å². The number of aryl methyl sites for hydroxylation is 1. The number of fused-ring (bicyclic) bond motifs is 1. The van der Waals surface area contributed by atoms with Gasteiger partial charge in [-0.1, -0.05) is 82.6 Å². The molecule has 0 amide bonds. The predicted molar refractivity (Wildman–Crippen MR) is 109 cm³/mol. The van der Waals surface area contributed by atoms with E-state index in [1.807, 2.05) is 12.1 Å². The smallest absolute Gasteiger partial charge is 0.406 e. The first-order valence-electron chi connectivity index (χ1n) is 10.7. The monoisotopic (exact) mass is 392 g/mol. The Labute approximate surface area is 166 Å². The first-order chi connectivity index (χ1) is 13.4. The lowest BCUT2D eigenvalue weighted by Crippen LogP contribution is -2.17. The van der Waals surface area contributed by atoms with Gasteiger partial charge in [0.2, 0.25) is 0 Å². The van der Waals surface area contributed by atoms with Gasteiger partial charge in [-0.2, -0.15) is 0 Å². The van der Waals surface area contributed by atoms with Crippen LogP contribution in [0.25, 0.3) is 10.8 Å². The Morgan fingerprint density at radius 3 is 2.18 bits per heavy atom. The van der Waals surface area contributed by atoms with E-state index in [4.69, 9.17) is 0 Å². The summed E-state index contributed by atoms with van der Waals surface area (Å²) in [5, 5.41) is 1.74. The summed E-state index contributed by atoms with van der Waals surface area (Å²) in [4.78, 5) is 0. The largest absolute Gasteiger partial charge is 0.573 e. The molecule has 0 spiro atoms. The van der Waals surface area contributed by atoms with E-state index in [2.05, 4.69) is 17.7 Å². The quantitative estimate of drug-likeness (QED) is 0.413. The number of alkyl halides is 3. The molecular weight excluding hydrogens is 361 g/mol. The van der Waals surface area contributed by atoms with Crippen LogP contribution >= 0.6 is 0 Å². The zero-order valence-electron chi connectivity index (χ0n) is 16.7. The Balaban J connectivity index is 1.49. The number of hydrogen-bond acceptors (Lipinski definition) is 1. The fourth-order valence-corrected chi connectivity index (χ4v) is 4.49. The lowest BCUT2D eigenvalue weighted by molar-refractivity contribution is -0.274. The second kappa shape index (κ2) is 9.67. The summed E-state index contributed by atoms with van der Waals surface area (Å²) >= 11 is 0. The second-order valence-corrected chi connectivity index (χ2v) is 8.31. The van der Waals surface area contributed by atoms with Crippen molar-refractivity contribution in [1.29, 1.82) is 0 Å². The lowest BCUT2D eigenvalue weighted by atomic mass is 9.77. The normalized spacial score (nSPS) is 20.4. The van der Waals surface area contributed by atoms with Crippen LogP contribution in [0, 0.1) is 11.8 Å². The molecular formula is C24H31F3O. The number of unbranched alkanes of at least 4 members (excludes halogenated alkanes) is 2. The van der Waals surface area contributed by atoms with Crippen molar-refractivity contribution in [2.24, 2.45) is 11.8 Å². The first kappa shape index (κ1) is 21.0. The third kappa shape index (κ3) is 6.42. The Bertz CT molecular complexity index is 745. The van der Waals surface area contributed by atoms with E-state index >= 15 is 0 Å². The molecule has 0 saturated heterocycles. The highest BCUT2D eigenvalue weighted by Gasteiger charge is 2.31. The fourth-order valence-electron chi connectivity index (χ4n) is 4.49. The highest BCUT2D eigenvalue weighted by molar-refractivity contribution is 5.84. The van der Waals surface area contributed by atoms with Crippen LogP contribution < -0.4 is 4.74 Å². The molecule has 2 aromatic rings. The molecule has 0 aromatic heterocycles. The number of halogens is 3. The zero-order valence-corrected chi connectivity index (χ0v) is 16.7. The molecule has 0 aliphatic heterocycles. The second-order valence-electron chi connectivity index (χ2n) is 8.31. The van der Waals surface area contributed by atoms with Gasteiger partial charge in [0.05, 0.1) is 0 Å². The molecule has 0 bridgehead atoms. The molecule has 1 aliphatic rings. The van der Waals surface area contributed by atoms with Gasteiger partial charge in [-0.25, -0.2) is 0 Å². The van der Waals surface area contributed by atoms with Crippen LogP contribution in [0.2, 0.25) is 0 Å². The summed E-state index contributed by atoms with van der Waals surface area (Å²) in [5.41, 5.74) is 1.27. The van der Waals surface area contributed by atoms with Gasteiger partial charge < -0.3 is 4.74 Å².